The second-order valence-corrected chi connectivity index (χ2v) is 6.50. The number of rotatable bonds is 4. The third-order valence-corrected chi connectivity index (χ3v) is 4.66. The number of aliphatic imine (C=N–C) groups is 1. The average molecular weight is 502 g/mol. The molecular formula is C19H25ClIN5O. The van der Waals surface area contributed by atoms with Gasteiger partial charge in [0, 0.05) is 62.7 Å². The number of guanidine groups is 1. The number of hydrogen-bond donors (Lipinski definition) is 1. The van der Waals surface area contributed by atoms with Gasteiger partial charge >= 0.3 is 0 Å². The molecule has 146 valence electrons. The van der Waals surface area contributed by atoms with Gasteiger partial charge in [0.25, 0.3) is 0 Å². The van der Waals surface area contributed by atoms with Gasteiger partial charge in [-0.3, -0.25) is 4.99 Å². The zero-order chi connectivity index (χ0) is 18.4. The van der Waals surface area contributed by atoms with Crippen molar-refractivity contribution in [3.8, 4) is 5.88 Å². The lowest BCUT2D eigenvalue weighted by Gasteiger charge is -2.37. The standard InChI is InChI=1S/C19H24ClN5O.HI/c1-21-19(23-14-15-6-7-18(26-2)22-13-15)25-10-8-24(9-11-25)17-5-3-4-16(20)12-17;/h3-7,12-13H,8-11,14H2,1-2H3,(H,21,23);1H. The number of benzene rings is 1. The minimum Gasteiger partial charge on any atom is -0.481 e. The average Bonchev–Trinajstić information content (AvgIpc) is 2.69. The van der Waals surface area contributed by atoms with Gasteiger partial charge in [0.05, 0.1) is 7.11 Å². The van der Waals surface area contributed by atoms with Gasteiger partial charge in [-0.05, 0) is 23.8 Å². The van der Waals surface area contributed by atoms with Crippen LogP contribution in [-0.2, 0) is 6.54 Å². The van der Waals surface area contributed by atoms with Crippen molar-refractivity contribution in [3.05, 3.63) is 53.2 Å². The lowest BCUT2D eigenvalue weighted by atomic mass is 10.2. The van der Waals surface area contributed by atoms with Crippen LogP contribution in [0.25, 0.3) is 0 Å². The second-order valence-electron chi connectivity index (χ2n) is 6.06. The Labute approximate surface area is 182 Å². The maximum Gasteiger partial charge on any atom is 0.212 e. The van der Waals surface area contributed by atoms with E-state index in [1.165, 1.54) is 5.69 Å². The summed E-state index contributed by atoms with van der Waals surface area (Å²) in [4.78, 5) is 13.3. The Bertz CT molecular complexity index is 748. The molecule has 0 spiro atoms. The quantitative estimate of drug-likeness (QED) is 0.396. The summed E-state index contributed by atoms with van der Waals surface area (Å²) < 4.78 is 5.09. The molecule has 0 aliphatic carbocycles. The Balaban J connectivity index is 0.00000261. The highest BCUT2D eigenvalue weighted by Crippen LogP contribution is 2.20. The molecule has 0 amide bonds. The molecule has 8 heteroatoms. The first-order valence-electron chi connectivity index (χ1n) is 8.64. The van der Waals surface area contributed by atoms with Crippen molar-refractivity contribution >= 4 is 47.2 Å². The molecule has 1 fully saturated rings. The molecule has 0 radical (unpaired) electrons. The third-order valence-electron chi connectivity index (χ3n) is 4.42. The largest absolute Gasteiger partial charge is 0.481 e. The molecule has 1 aliphatic heterocycles. The number of nitrogens with zero attached hydrogens (tertiary/aromatic N) is 4. The molecule has 0 saturated carbocycles. The van der Waals surface area contributed by atoms with E-state index in [2.05, 4.69) is 31.2 Å². The van der Waals surface area contributed by atoms with Crippen molar-refractivity contribution < 1.29 is 4.74 Å². The number of anilines is 1. The summed E-state index contributed by atoms with van der Waals surface area (Å²) in [6.45, 7) is 4.37. The van der Waals surface area contributed by atoms with E-state index in [1.807, 2.05) is 43.6 Å². The fourth-order valence-corrected chi connectivity index (χ4v) is 3.18. The van der Waals surface area contributed by atoms with Gasteiger partial charge in [-0.2, -0.15) is 0 Å². The van der Waals surface area contributed by atoms with E-state index in [0.29, 0.717) is 12.4 Å². The van der Waals surface area contributed by atoms with Crippen LogP contribution in [0.3, 0.4) is 0 Å². The molecule has 2 aromatic rings. The van der Waals surface area contributed by atoms with Gasteiger partial charge in [0.2, 0.25) is 5.88 Å². The first kappa shape index (κ1) is 21.6. The van der Waals surface area contributed by atoms with Crippen molar-refractivity contribution in [2.45, 2.75) is 6.54 Å². The Kier molecular flexibility index (Phi) is 8.43. The van der Waals surface area contributed by atoms with Crippen LogP contribution in [0.15, 0.2) is 47.6 Å². The van der Waals surface area contributed by atoms with Crippen molar-refractivity contribution in [3.63, 3.8) is 0 Å². The van der Waals surface area contributed by atoms with E-state index >= 15 is 0 Å². The Morgan fingerprint density at radius 2 is 2.00 bits per heavy atom. The zero-order valence-electron chi connectivity index (χ0n) is 15.6. The minimum atomic E-state index is 0. The van der Waals surface area contributed by atoms with E-state index in [1.54, 1.807) is 7.11 Å². The van der Waals surface area contributed by atoms with Crippen molar-refractivity contribution in [2.75, 3.05) is 45.2 Å². The summed E-state index contributed by atoms with van der Waals surface area (Å²) in [5.41, 5.74) is 2.26. The number of pyridine rings is 1. The molecule has 0 atom stereocenters. The summed E-state index contributed by atoms with van der Waals surface area (Å²) in [5, 5.41) is 4.19. The number of halogens is 2. The van der Waals surface area contributed by atoms with Crippen LogP contribution in [0, 0.1) is 0 Å². The van der Waals surface area contributed by atoms with E-state index in [9.17, 15) is 0 Å². The molecule has 1 saturated heterocycles. The van der Waals surface area contributed by atoms with Gasteiger partial charge in [0.15, 0.2) is 5.96 Å². The maximum atomic E-state index is 6.10. The van der Waals surface area contributed by atoms with Crippen LogP contribution in [-0.4, -0.2) is 56.2 Å². The molecular weight excluding hydrogens is 477 g/mol. The number of aromatic nitrogens is 1. The van der Waals surface area contributed by atoms with E-state index < -0.39 is 0 Å². The summed E-state index contributed by atoms with van der Waals surface area (Å²) in [5.74, 6) is 1.53. The zero-order valence-corrected chi connectivity index (χ0v) is 18.6. The van der Waals surface area contributed by atoms with Crippen molar-refractivity contribution in [1.29, 1.82) is 0 Å². The molecule has 2 heterocycles. The second kappa shape index (κ2) is 10.6. The molecule has 0 bridgehead atoms. The Morgan fingerprint density at radius 1 is 1.22 bits per heavy atom. The first-order chi connectivity index (χ1) is 12.7. The van der Waals surface area contributed by atoms with Crippen molar-refractivity contribution in [2.24, 2.45) is 4.99 Å². The first-order valence-corrected chi connectivity index (χ1v) is 9.02. The molecule has 1 aromatic carbocycles. The van der Waals surface area contributed by atoms with E-state index in [-0.39, 0.29) is 24.0 Å². The molecule has 3 rings (SSSR count). The lowest BCUT2D eigenvalue weighted by Crippen LogP contribution is -2.52. The molecule has 1 aromatic heterocycles. The highest BCUT2D eigenvalue weighted by molar-refractivity contribution is 14.0. The lowest BCUT2D eigenvalue weighted by molar-refractivity contribution is 0.372. The molecule has 1 N–H and O–H groups in total. The van der Waals surface area contributed by atoms with Crippen LogP contribution in [0.1, 0.15) is 5.56 Å². The summed E-state index contributed by atoms with van der Waals surface area (Å²) in [6, 6.07) is 11.9. The predicted molar refractivity (Wildman–Crippen MR) is 122 cm³/mol. The predicted octanol–water partition coefficient (Wildman–Crippen LogP) is 3.26. The molecule has 0 unspecified atom stereocenters. The Hall–Kier alpha value is -1.74. The van der Waals surface area contributed by atoms with Crippen LogP contribution < -0.4 is 15.0 Å². The number of ether oxygens (including phenoxy) is 1. The fraction of sp³-hybridized carbons (Fsp3) is 0.368. The SMILES string of the molecule is CN=C(NCc1ccc(OC)nc1)N1CCN(c2cccc(Cl)c2)CC1.I. The smallest absolute Gasteiger partial charge is 0.212 e. The third kappa shape index (κ3) is 5.87. The minimum absolute atomic E-state index is 0. The maximum absolute atomic E-state index is 6.10. The highest BCUT2D eigenvalue weighted by Gasteiger charge is 2.19. The molecule has 27 heavy (non-hydrogen) atoms. The topological polar surface area (TPSA) is 53.0 Å². The normalized spacial score (nSPS) is 14.6. The van der Waals surface area contributed by atoms with Crippen LogP contribution in [0.4, 0.5) is 5.69 Å². The van der Waals surface area contributed by atoms with Crippen LogP contribution >= 0.6 is 35.6 Å². The van der Waals surface area contributed by atoms with E-state index in [4.69, 9.17) is 16.3 Å². The summed E-state index contributed by atoms with van der Waals surface area (Å²) in [6.07, 6.45) is 1.82. The van der Waals surface area contributed by atoms with Gasteiger partial charge in [-0.15, -0.1) is 24.0 Å². The number of nitrogens with one attached hydrogen (secondary N) is 1. The summed E-state index contributed by atoms with van der Waals surface area (Å²) >= 11 is 6.10. The van der Waals surface area contributed by atoms with Gasteiger partial charge in [0.1, 0.15) is 0 Å². The van der Waals surface area contributed by atoms with Crippen LogP contribution in [0.2, 0.25) is 5.02 Å². The van der Waals surface area contributed by atoms with Crippen molar-refractivity contribution in [1.82, 2.24) is 15.2 Å². The van der Waals surface area contributed by atoms with E-state index in [0.717, 1.165) is 42.7 Å². The van der Waals surface area contributed by atoms with Gasteiger partial charge in [-0.1, -0.05) is 23.7 Å². The summed E-state index contributed by atoms with van der Waals surface area (Å²) in [7, 11) is 3.43. The number of piperazine rings is 1. The van der Waals surface area contributed by atoms with Gasteiger partial charge in [-0.25, -0.2) is 4.98 Å². The highest BCUT2D eigenvalue weighted by atomic mass is 127. The molecule has 1 aliphatic rings. The Morgan fingerprint density at radius 3 is 2.59 bits per heavy atom. The number of hydrogen-bond acceptors (Lipinski definition) is 4. The monoisotopic (exact) mass is 501 g/mol. The van der Waals surface area contributed by atoms with Crippen LogP contribution in [0.5, 0.6) is 5.88 Å². The van der Waals surface area contributed by atoms with Gasteiger partial charge < -0.3 is 19.9 Å². The fourth-order valence-electron chi connectivity index (χ4n) is 3.00. The molecule has 6 nitrogen and oxygen atoms in total. The number of methoxy groups -OCH3 is 1.